The number of aryl methyl sites for hydroxylation is 2. The molecule has 0 radical (unpaired) electrons. The third-order valence-electron chi connectivity index (χ3n) is 6.16. The Bertz CT molecular complexity index is 1030. The minimum Gasteiger partial charge on any atom is -0.384 e. The van der Waals surface area contributed by atoms with Crippen molar-refractivity contribution < 1.29 is 4.79 Å². The van der Waals surface area contributed by atoms with Gasteiger partial charge in [-0.1, -0.05) is 42.5 Å². The van der Waals surface area contributed by atoms with Crippen molar-refractivity contribution in [1.82, 2.24) is 9.88 Å². The van der Waals surface area contributed by atoms with E-state index < -0.39 is 0 Å². The molecule has 32 heavy (non-hydrogen) atoms. The summed E-state index contributed by atoms with van der Waals surface area (Å²) in [5.41, 5.74) is 17.0. The Balaban J connectivity index is 0.00000289. The molecule has 2 heterocycles. The first kappa shape index (κ1) is 23.8. The molecule has 168 valence electrons. The van der Waals surface area contributed by atoms with Crippen LogP contribution in [0.3, 0.4) is 0 Å². The summed E-state index contributed by atoms with van der Waals surface area (Å²) in [5.74, 6) is 1.16. The van der Waals surface area contributed by atoms with Gasteiger partial charge < -0.3 is 16.4 Å². The number of rotatable bonds is 6. The molecule has 0 bridgehead atoms. The van der Waals surface area contributed by atoms with Crippen LogP contribution in [0.5, 0.6) is 0 Å². The van der Waals surface area contributed by atoms with Gasteiger partial charge in [-0.3, -0.25) is 4.79 Å². The molecule has 1 saturated heterocycles. The predicted molar refractivity (Wildman–Crippen MR) is 132 cm³/mol. The van der Waals surface area contributed by atoms with Crippen molar-refractivity contribution in [1.29, 1.82) is 0 Å². The summed E-state index contributed by atoms with van der Waals surface area (Å²) in [7, 11) is 0. The molecular weight excluding hydrogens is 420 g/mol. The number of aromatic nitrogens is 1. The summed E-state index contributed by atoms with van der Waals surface area (Å²) in [6.07, 6.45) is 5.54. The maximum atomic E-state index is 13.1. The van der Waals surface area contributed by atoms with Gasteiger partial charge in [-0.2, -0.15) is 0 Å². The second-order valence-electron chi connectivity index (χ2n) is 8.31. The average molecular weight is 451 g/mol. The van der Waals surface area contributed by atoms with Crippen LogP contribution in [0.2, 0.25) is 0 Å². The number of pyridine rings is 1. The quantitative estimate of drug-likeness (QED) is 0.584. The maximum absolute atomic E-state index is 13.1. The second kappa shape index (κ2) is 11.1. The van der Waals surface area contributed by atoms with Crippen LogP contribution in [0.25, 0.3) is 0 Å². The Kier molecular flexibility index (Phi) is 8.26. The van der Waals surface area contributed by atoms with E-state index in [4.69, 9.17) is 11.5 Å². The fraction of sp³-hybridized carbons (Fsp3) is 0.308. The van der Waals surface area contributed by atoms with Crippen molar-refractivity contribution in [2.45, 2.75) is 38.1 Å². The van der Waals surface area contributed by atoms with Crippen LogP contribution in [-0.2, 0) is 19.4 Å². The molecule has 0 spiro atoms. The molecule has 0 atom stereocenters. The first-order valence-corrected chi connectivity index (χ1v) is 11.0. The Morgan fingerprint density at radius 1 is 0.938 bits per heavy atom. The average Bonchev–Trinajstić information content (AvgIpc) is 2.83. The largest absolute Gasteiger partial charge is 0.384 e. The SMILES string of the molecule is Cl.NCc1cccc(C2CCN(C(=O)c3cccc(CCc4ccc(N)nc4)c3)CC2)c1. The van der Waals surface area contributed by atoms with Gasteiger partial charge in [-0.15, -0.1) is 12.4 Å². The molecule has 1 aromatic heterocycles. The Labute approximate surface area is 196 Å². The minimum atomic E-state index is 0. The van der Waals surface area contributed by atoms with Gasteiger partial charge in [-0.05, 0) is 72.1 Å². The normalized spacial score (nSPS) is 14.1. The van der Waals surface area contributed by atoms with Gasteiger partial charge in [0, 0.05) is 31.4 Å². The second-order valence-corrected chi connectivity index (χ2v) is 8.31. The lowest BCUT2D eigenvalue weighted by Gasteiger charge is -2.32. The number of benzene rings is 2. The van der Waals surface area contributed by atoms with Gasteiger partial charge in [0.25, 0.3) is 5.91 Å². The number of hydrogen-bond acceptors (Lipinski definition) is 4. The van der Waals surface area contributed by atoms with Crippen LogP contribution in [0.4, 0.5) is 5.82 Å². The zero-order chi connectivity index (χ0) is 21.6. The van der Waals surface area contributed by atoms with E-state index in [0.29, 0.717) is 18.3 Å². The van der Waals surface area contributed by atoms with E-state index in [1.807, 2.05) is 41.4 Å². The highest BCUT2D eigenvalue weighted by molar-refractivity contribution is 5.94. The molecule has 1 aliphatic rings. The summed E-state index contributed by atoms with van der Waals surface area (Å²) >= 11 is 0. The molecule has 1 aliphatic heterocycles. The van der Waals surface area contributed by atoms with E-state index in [0.717, 1.165) is 55.5 Å². The standard InChI is InChI=1S/C26H30N4O.ClH/c27-17-21-4-2-5-23(16-21)22-11-13-30(14-12-22)26(31)24-6-1-3-19(15-24)7-8-20-9-10-25(28)29-18-20;/h1-6,9-10,15-16,18,22H,7-8,11-14,17,27H2,(H2,28,29);1H. The zero-order valence-corrected chi connectivity index (χ0v) is 19.1. The van der Waals surface area contributed by atoms with E-state index in [1.165, 1.54) is 11.1 Å². The monoisotopic (exact) mass is 450 g/mol. The number of halogens is 1. The minimum absolute atomic E-state index is 0. The fourth-order valence-electron chi connectivity index (χ4n) is 4.30. The highest BCUT2D eigenvalue weighted by Crippen LogP contribution is 2.29. The van der Waals surface area contributed by atoms with Crippen LogP contribution in [-0.4, -0.2) is 28.9 Å². The molecule has 0 aliphatic carbocycles. The van der Waals surface area contributed by atoms with Crippen molar-refractivity contribution in [2.75, 3.05) is 18.8 Å². The van der Waals surface area contributed by atoms with Crippen molar-refractivity contribution in [3.8, 4) is 0 Å². The van der Waals surface area contributed by atoms with E-state index in [1.54, 1.807) is 0 Å². The summed E-state index contributed by atoms with van der Waals surface area (Å²) in [5, 5.41) is 0. The molecule has 1 amide bonds. The number of nitrogens with zero attached hydrogens (tertiary/aromatic N) is 2. The summed E-state index contributed by atoms with van der Waals surface area (Å²) < 4.78 is 0. The van der Waals surface area contributed by atoms with Gasteiger partial charge in [-0.25, -0.2) is 4.98 Å². The van der Waals surface area contributed by atoms with Crippen molar-refractivity contribution in [3.63, 3.8) is 0 Å². The van der Waals surface area contributed by atoms with Crippen molar-refractivity contribution in [3.05, 3.63) is 94.7 Å². The summed E-state index contributed by atoms with van der Waals surface area (Å²) in [6, 6.07) is 20.4. The zero-order valence-electron chi connectivity index (χ0n) is 18.2. The summed E-state index contributed by atoms with van der Waals surface area (Å²) in [6.45, 7) is 2.14. The highest BCUT2D eigenvalue weighted by Gasteiger charge is 2.24. The first-order valence-electron chi connectivity index (χ1n) is 11.0. The number of nitrogens with two attached hydrogens (primary N) is 2. The number of amides is 1. The van der Waals surface area contributed by atoms with Gasteiger partial charge in [0.15, 0.2) is 0 Å². The van der Waals surface area contributed by atoms with Gasteiger partial charge in [0.1, 0.15) is 5.82 Å². The molecule has 2 aromatic carbocycles. The van der Waals surface area contributed by atoms with Crippen molar-refractivity contribution in [2.24, 2.45) is 5.73 Å². The molecular formula is C26H31ClN4O. The van der Waals surface area contributed by atoms with E-state index >= 15 is 0 Å². The van der Waals surface area contributed by atoms with Gasteiger partial charge in [0.2, 0.25) is 0 Å². The Morgan fingerprint density at radius 3 is 2.38 bits per heavy atom. The third-order valence-corrected chi connectivity index (χ3v) is 6.16. The van der Waals surface area contributed by atoms with E-state index in [9.17, 15) is 4.79 Å². The molecule has 0 unspecified atom stereocenters. The van der Waals surface area contributed by atoms with E-state index in [2.05, 4.69) is 35.3 Å². The summed E-state index contributed by atoms with van der Waals surface area (Å²) in [4.78, 5) is 19.2. The number of hydrogen-bond donors (Lipinski definition) is 2. The fourth-order valence-corrected chi connectivity index (χ4v) is 4.30. The molecule has 0 saturated carbocycles. The van der Waals surface area contributed by atoms with Crippen LogP contribution in [0.1, 0.15) is 51.4 Å². The number of likely N-dealkylation sites (tertiary alicyclic amines) is 1. The number of nitrogen functional groups attached to an aromatic ring is 1. The van der Waals surface area contributed by atoms with Crippen molar-refractivity contribution >= 4 is 24.1 Å². The predicted octanol–water partition coefficient (Wildman–Crippen LogP) is 4.35. The lowest BCUT2D eigenvalue weighted by Crippen LogP contribution is -2.38. The highest BCUT2D eigenvalue weighted by atomic mass is 35.5. The first-order chi connectivity index (χ1) is 15.1. The van der Waals surface area contributed by atoms with Gasteiger partial charge in [0.05, 0.1) is 0 Å². The number of anilines is 1. The molecule has 4 rings (SSSR count). The molecule has 5 nitrogen and oxygen atoms in total. The Morgan fingerprint density at radius 2 is 1.66 bits per heavy atom. The lowest BCUT2D eigenvalue weighted by molar-refractivity contribution is 0.0713. The topological polar surface area (TPSA) is 85.2 Å². The lowest BCUT2D eigenvalue weighted by atomic mass is 9.88. The van der Waals surface area contributed by atoms with Crippen LogP contribution >= 0.6 is 12.4 Å². The van der Waals surface area contributed by atoms with Crippen LogP contribution in [0.15, 0.2) is 66.9 Å². The van der Waals surface area contributed by atoms with E-state index in [-0.39, 0.29) is 18.3 Å². The maximum Gasteiger partial charge on any atom is 0.253 e. The Hall–Kier alpha value is -2.89. The number of carbonyl (C=O) groups excluding carboxylic acids is 1. The van der Waals surface area contributed by atoms with Crippen LogP contribution < -0.4 is 11.5 Å². The molecule has 3 aromatic rings. The number of piperidine rings is 1. The molecule has 1 fully saturated rings. The molecule has 6 heteroatoms. The third kappa shape index (κ3) is 5.87. The van der Waals surface area contributed by atoms with Crippen LogP contribution in [0, 0.1) is 0 Å². The number of carbonyl (C=O) groups is 1. The van der Waals surface area contributed by atoms with Gasteiger partial charge >= 0.3 is 0 Å². The molecule has 4 N–H and O–H groups in total. The smallest absolute Gasteiger partial charge is 0.253 e.